The van der Waals surface area contributed by atoms with Crippen LogP contribution in [0, 0.1) is 0 Å². The SMILES string of the molecule is Clc1ccc(/C=C/c2nnc(-c3ccc(Br)cc3)o2)c(Cl)c1. The van der Waals surface area contributed by atoms with Gasteiger partial charge in [-0.15, -0.1) is 10.2 Å². The van der Waals surface area contributed by atoms with Gasteiger partial charge in [-0.25, -0.2) is 0 Å². The summed E-state index contributed by atoms with van der Waals surface area (Å²) in [6.45, 7) is 0. The Hall–Kier alpha value is -1.62. The molecular weight excluding hydrogens is 387 g/mol. The average molecular weight is 396 g/mol. The molecule has 6 heteroatoms. The second-order valence-corrected chi connectivity index (χ2v) is 6.21. The highest BCUT2D eigenvalue weighted by molar-refractivity contribution is 9.10. The van der Waals surface area contributed by atoms with Crippen LogP contribution in [0.2, 0.25) is 10.0 Å². The molecule has 0 saturated carbocycles. The Labute approximate surface area is 145 Å². The molecular formula is C16H9BrCl2N2O. The van der Waals surface area contributed by atoms with Crippen molar-refractivity contribution in [1.82, 2.24) is 10.2 Å². The van der Waals surface area contributed by atoms with Gasteiger partial charge in [0.05, 0.1) is 0 Å². The summed E-state index contributed by atoms with van der Waals surface area (Å²) in [5, 5.41) is 9.18. The van der Waals surface area contributed by atoms with E-state index < -0.39 is 0 Å². The molecule has 0 atom stereocenters. The quantitative estimate of drug-likeness (QED) is 0.547. The minimum atomic E-state index is 0.406. The summed E-state index contributed by atoms with van der Waals surface area (Å²) in [7, 11) is 0. The molecule has 3 rings (SSSR count). The molecule has 0 N–H and O–H groups in total. The second-order valence-electron chi connectivity index (χ2n) is 4.45. The highest BCUT2D eigenvalue weighted by atomic mass is 79.9. The molecule has 110 valence electrons. The number of rotatable bonds is 3. The zero-order valence-corrected chi connectivity index (χ0v) is 14.2. The molecule has 0 fully saturated rings. The van der Waals surface area contributed by atoms with Crippen molar-refractivity contribution in [3.05, 3.63) is 68.4 Å². The van der Waals surface area contributed by atoms with Gasteiger partial charge in [-0.3, -0.25) is 0 Å². The Kier molecular flexibility index (Phi) is 4.62. The first-order valence-corrected chi connectivity index (χ1v) is 7.89. The maximum absolute atomic E-state index is 6.10. The largest absolute Gasteiger partial charge is 0.417 e. The van der Waals surface area contributed by atoms with Crippen LogP contribution in [-0.2, 0) is 0 Å². The van der Waals surface area contributed by atoms with Crippen molar-refractivity contribution in [2.24, 2.45) is 0 Å². The van der Waals surface area contributed by atoms with E-state index in [1.165, 1.54) is 0 Å². The van der Waals surface area contributed by atoms with Crippen LogP contribution in [0.4, 0.5) is 0 Å². The lowest BCUT2D eigenvalue weighted by Crippen LogP contribution is -1.76. The molecule has 1 aromatic heterocycles. The van der Waals surface area contributed by atoms with E-state index >= 15 is 0 Å². The van der Waals surface area contributed by atoms with Crippen molar-refractivity contribution >= 4 is 51.3 Å². The van der Waals surface area contributed by atoms with E-state index in [2.05, 4.69) is 26.1 Å². The minimum Gasteiger partial charge on any atom is -0.417 e. The number of hydrogen-bond donors (Lipinski definition) is 0. The fourth-order valence-corrected chi connectivity index (χ4v) is 2.54. The Bertz CT molecular complexity index is 828. The predicted octanol–water partition coefficient (Wildman–Crippen LogP) is 5.98. The van der Waals surface area contributed by atoms with Crippen molar-refractivity contribution in [3.8, 4) is 11.5 Å². The first-order chi connectivity index (χ1) is 10.6. The van der Waals surface area contributed by atoms with Gasteiger partial charge in [0.1, 0.15) is 0 Å². The van der Waals surface area contributed by atoms with E-state index in [1.807, 2.05) is 30.3 Å². The van der Waals surface area contributed by atoms with E-state index in [9.17, 15) is 0 Å². The summed E-state index contributed by atoms with van der Waals surface area (Å²) in [5.41, 5.74) is 1.69. The van der Waals surface area contributed by atoms with Gasteiger partial charge in [0.25, 0.3) is 0 Å². The molecule has 3 nitrogen and oxygen atoms in total. The van der Waals surface area contributed by atoms with Crippen LogP contribution in [-0.4, -0.2) is 10.2 Å². The molecule has 0 aliphatic heterocycles. The van der Waals surface area contributed by atoms with Gasteiger partial charge in [-0.2, -0.15) is 0 Å². The molecule has 0 radical (unpaired) electrons. The smallest absolute Gasteiger partial charge is 0.248 e. The first kappa shape index (κ1) is 15.3. The van der Waals surface area contributed by atoms with Crippen LogP contribution in [0.15, 0.2) is 51.4 Å². The van der Waals surface area contributed by atoms with Gasteiger partial charge in [-0.1, -0.05) is 45.2 Å². The summed E-state index contributed by atoms with van der Waals surface area (Å²) in [6.07, 6.45) is 3.52. The Morgan fingerprint density at radius 1 is 0.955 bits per heavy atom. The summed E-state index contributed by atoms with van der Waals surface area (Å²) in [4.78, 5) is 0. The molecule has 3 aromatic rings. The molecule has 0 amide bonds. The van der Waals surface area contributed by atoms with E-state index in [0.29, 0.717) is 21.8 Å². The normalized spacial score (nSPS) is 11.2. The Morgan fingerprint density at radius 3 is 2.45 bits per heavy atom. The fourth-order valence-electron chi connectivity index (χ4n) is 1.81. The third-order valence-electron chi connectivity index (χ3n) is 2.90. The summed E-state index contributed by atoms with van der Waals surface area (Å²) in [6, 6.07) is 12.9. The number of aromatic nitrogens is 2. The number of nitrogens with zero attached hydrogens (tertiary/aromatic N) is 2. The summed E-state index contributed by atoms with van der Waals surface area (Å²) in [5.74, 6) is 0.873. The number of benzene rings is 2. The highest BCUT2D eigenvalue weighted by Gasteiger charge is 2.06. The van der Waals surface area contributed by atoms with E-state index in [1.54, 1.807) is 24.3 Å². The molecule has 2 aromatic carbocycles. The van der Waals surface area contributed by atoms with Gasteiger partial charge in [0.2, 0.25) is 11.8 Å². The lowest BCUT2D eigenvalue weighted by molar-refractivity contribution is 0.558. The van der Waals surface area contributed by atoms with E-state index in [-0.39, 0.29) is 0 Å². The van der Waals surface area contributed by atoms with Gasteiger partial charge in [0, 0.05) is 26.2 Å². The topological polar surface area (TPSA) is 38.9 Å². The Morgan fingerprint density at radius 2 is 1.73 bits per heavy atom. The van der Waals surface area contributed by atoms with Gasteiger partial charge in [0.15, 0.2) is 0 Å². The standard InChI is InChI=1S/C16H9BrCl2N2O/c17-12-5-1-11(2-6-12)16-21-20-15(22-16)8-4-10-3-7-13(18)9-14(10)19/h1-9H/b8-4+. The van der Waals surface area contributed by atoms with Crippen LogP contribution in [0.5, 0.6) is 0 Å². The predicted molar refractivity (Wildman–Crippen MR) is 92.8 cm³/mol. The van der Waals surface area contributed by atoms with Crippen molar-refractivity contribution in [3.63, 3.8) is 0 Å². The fraction of sp³-hybridized carbons (Fsp3) is 0. The van der Waals surface area contributed by atoms with Gasteiger partial charge < -0.3 is 4.42 Å². The first-order valence-electron chi connectivity index (χ1n) is 6.34. The number of hydrogen-bond acceptors (Lipinski definition) is 3. The highest BCUT2D eigenvalue weighted by Crippen LogP contribution is 2.24. The second kappa shape index (κ2) is 6.65. The van der Waals surface area contributed by atoms with E-state index in [4.69, 9.17) is 27.6 Å². The van der Waals surface area contributed by atoms with Crippen LogP contribution in [0.25, 0.3) is 23.6 Å². The molecule has 22 heavy (non-hydrogen) atoms. The molecule has 0 saturated heterocycles. The van der Waals surface area contributed by atoms with Crippen LogP contribution in [0.1, 0.15) is 11.5 Å². The average Bonchev–Trinajstić information content (AvgIpc) is 2.96. The molecule has 0 spiro atoms. The van der Waals surface area contributed by atoms with Crippen molar-refractivity contribution in [1.29, 1.82) is 0 Å². The monoisotopic (exact) mass is 394 g/mol. The maximum atomic E-state index is 6.10. The minimum absolute atomic E-state index is 0.406. The summed E-state index contributed by atoms with van der Waals surface area (Å²) >= 11 is 15.4. The molecule has 0 aliphatic rings. The molecule has 1 heterocycles. The summed E-state index contributed by atoms with van der Waals surface area (Å²) < 4.78 is 6.60. The zero-order chi connectivity index (χ0) is 15.5. The number of halogens is 3. The van der Waals surface area contributed by atoms with Crippen LogP contribution in [0.3, 0.4) is 0 Å². The lowest BCUT2D eigenvalue weighted by Gasteiger charge is -1.97. The van der Waals surface area contributed by atoms with E-state index in [0.717, 1.165) is 15.6 Å². The third kappa shape index (κ3) is 3.58. The lowest BCUT2D eigenvalue weighted by atomic mass is 10.2. The molecule has 0 bridgehead atoms. The molecule has 0 unspecified atom stereocenters. The van der Waals surface area contributed by atoms with Gasteiger partial charge in [-0.05, 0) is 48.0 Å². The van der Waals surface area contributed by atoms with Crippen molar-refractivity contribution in [2.45, 2.75) is 0 Å². The van der Waals surface area contributed by atoms with Crippen LogP contribution >= 0.6 is 39.1 Å². The third-order valence-corrected chi connectivity index (χ3v) is 3.99. The van der Waals surface area contributed by atoms with Gasteiger partial charge >= 0.3 is 0 Å². The van der Waals surface area contributed by atoms with Crippen molar-refractivity contribution in [2.75, 3.05) is 0 Å². The maximum Gasteiger partial charge on any atom is 0.248 e. The van der Waals surface area contributed by atoms with Crippen LogP contribution < -0.4 is 0 Å². The Balaban J connectivity index is 1.82. The molecule has 0 aliphatic carbocycles. The van der Waals surface area contributed by atoms with Crippen molar-refractivity contribution < 1.29 is 4.42 Å². The zero-order valence-electron chi connectivity index (χ0n) is 11.1.